The monoisotopic (exact) mass is 577 g/mol. The second-order valence-electron chi connectivity index (χ2n) is 11.5. The SMILES string of the molecule is CCCCCC(CCCCC)COC(=O)CCCCCCCCC(CCCCC)OCOc1ccc([N+](=O)[O-])cc1. The lowest BCUT2D eigenvalue weighted by Gasteiger charge is -2.18. The summed E-state index contributed by atoms with van der Waals surface area (Å²) < 4.78 is 17.4. The molecule has 7 heteroatoms. The minimum absolute atomic E-state index is 0.0241. The number of nitrogens with zero attached hydrogens (tertiary/aromatic N) is 1. The fourth-order valence-electron chi connectivity index (χ4n) is 5.10. The van der Waals surface area contributed by atoms with Crippen molar-refractivity contribution >= 4 is 11.7 Å². The Morgan fingerprint density at radius 1 is 0.732 bits per heavy atom. The zero-order chi connectivity index (χ0) is 30.0. The van der Waals surface area contributed by atoms with Crippen molar-refractivity contribution in [1.29, 1.82) is 0 Å². The summed E-state index contributed by atoms with van der Waals surface area (Å²) in [6.45, 7) is 7.43. The number of esters is 1. The molecule has 0 heterocycles. The topological polar surface area (TPSA) is 87.9 Å². The smallest absolute Gasteiger partial charge is 0.305 e. The molecule has 0 aromatic heterocycles. The Balaban J connectivity index is 2.18. The molecule has 7 nitrogen and oxygen atoms in total. The highest BCUT2D eigenvalue weighted by Crippen LogP contribution is 2.21. The molecule has 0 saturated heterocycles. The Hall–Kier alpha value is -2.15. The van der Waals surface area contributed by atoms with Crippen LogP contribution in [0.15, 0.2) is 24.3 Å². The highest BCUT2D eigenvalue weighted by Gasteiger charge is 2.13. The summed E-state index contributed by atoms with van der Waals surface area (Å²) in [7, 11) is 0. The Morgan fingerprint density at radius 2 is 1.24 bits per heavy atom. The van der Waals surface area contributed by atoms with E-state index >= 15 is 0 Å². The molecular formula is C34H59NO6. The zero-order valence-corrected chi connectivity index (χ0v) is 26.4. The largest absolute Gasteiger partial charge is 0.468 e. The summed E-state index contributed by atoms with van der Waals surface area (Å²) in [5.74, 6) is 1.08. The van der Waals surface area contributed by atoms with Gasteiger partial charge in [-0.05, 0) is 50.2 Å². The molecule has 1 atom stereocenters. The number of carbonyl (C=O) groups excluding carboxylic acids is 1. The normalized spacial score (nSPS) is 12.0. The van der Waals surface area contributed by atoms with E-state index in [0.29, 0.717) is 24.7 Å². The Bertz CT molecular complexity index is 759. The van der Waals surface area contributed by atoms with E-state index in [9.17, 15) is 14.9 Å². The van der Waals surface area contributed by atoms with Crippen LogP contribution in [0.3, 0.4) is 0 Å². The molecule has 0 aliphatic rings. The molecule has 1 aromatic carbocycles. The average molecular weight is 578 g/mol. The van der Waals surface area contributed by atoms with Gasteiger partial charge in [-0.3, -0.25) is 14.9 Å². The van der Waals surface area contributed by atoms with Gasteiger partial charge in [0.15, 0.2) is 6.79 Å². The van der Waals surface area contributed by atoms with Gasteiger partial charge in [0.25, 0.3) is 5.69 Å². The summed E-state index contributed by atoms with van der Waals surface area (Å²) in [4.78, 5) is 22.7. The lowest BCUT2D eigenvalue weighted by atomic mass is 9.96. The van der Waals surface area contributed by atoms with Gasteiger partial charge in [-0.2, -0.15) is 0 Å². The molecule has 0 saturated carbocycles. The number of non-ortho nitro benzene ring substituents is 1. The van der Waals surface area contributed by atoms with E-state index in [2.05, 4.69) is 20.8 Å². The van der Waals surface area contributed by atoms with E-state index in [1.54, 1.807) is 12.1 Å². The van der Waals surface area contributed by atoms with Gasteiger partial charge in [-0.25, -0.2) is 0 Å². The highest BCUT2D eigenvalue weighted by molar-refractivity contribution is 5.69. The van der Waals surface area contributed by atoms with Gasteiger partial charge >= 0.3 is 5.97 Å². The van der Waals surface area contributed by atoms with Crippen LogP contribution in [-0.2, 0) is 14.3 Å². The lowest BCUT2D eigenvalue weighted by molar-refractivity contribution is -0.384. The van der Waals surface area contributed by atoms with Crippen molar-refractivity contribution in [2.24, 2.45) is 5.92 Å². The van der Waals surface area contributed by atoms with Gasteiger partial charge in [-0.1, -0.05) is 111 Å². The summed E-state index contributed by atoms with van der Waals surface area (Å²) in [5, 5.41) is 10.8. The lowest BCUT2D eigenvalue weighted by Crippen LogP contribution is -2.17. The van der Waals surface area contributed by atoms with Gasteiger partial charge in [0.2, 0.25) is 0 Å². The molecule has 1 unspecified atom stereocenters. The molecule has 0 radical (unpaired) electrons. The molecule has 0 spiro atoms. The van der Waals surface area contributed by atoms with E-state index in [-0.39, 0.29) is 24.6 Å². The molecule has 236 valence electrons. The third-order valence-corrected chi connectivity index (χ3v) is 7.78. The van der Waals surface area contributed by atoms with E-state index < -0.39 is 4.92 Å². The summed E-state index contributed by atoms with van der Waals surface area (Å²) in [6, 6.07) is 6.09. The van der Waals surface area contributed by atoms with Gasteiger partial charge in [0, 0.05) is 18.6 Å². The van der Waals surface area contributed by atoms with Gasteiger partial charge in [0.05, 0.1) is 17.6 Å². The van der Waals surface area contributed by atoms with Crippen LogP contribution in [0.2, 0.25) is 0 Å². The van der Waals surface area contributed by atoms with Crippen LogP contribution in [0.25, 0.3) is 0 Å². The maximum atomic E-state index is 12.3. The van der Waals surface area contributed by atoms with Crippen molar-refractivity contribution < 1.29 is 23.9 Å². The second kappa shape index (κ2) is 25.6. The first-order chi connectivity index (χ1) is 20.0. The van der Waals surface area contributed by atoms with Crippen molar-refractivity contribution in [2.75, 3.05) is 13.4 Å². The first kappa shape index (κ1) is 36.9. The number of benzene rings is 1. The molecule has 0 N–H and O–H groups in total. The molecule has 0 fully saturated rings. The predicted octanol–water partition coefficient (Wildman–Crippen LogP) is 10.3. The van der Waals surface area contributed by atoms with Crippen molar-refractivity contribution in [3.63, 3.8) is 0 Å². The van der Waals surface area contributed by atoms with Crippen LogP contribution >= 0.6 is 0 Å². The third-order valence-electron chi connectivity index (χ3n) is 7.78. The van der Waals surface area contributed by atoms with Gasteiger partial charge in [-0.15, -0.1) is 0 Å². The number of hydrogen-bond donors (Lipinski definition) is 0. The third kappa shape index (κ3) is 20.4. The van der Waals surface area contributed by atoms with Crippen LogP contribution in [-0.4, -0.2) is 30.4 Å². The number of hydrogen-bond acceptors (Lipinski definition) is 6. The fraction of sp³-hybridized carbons (Fsp3) is 0.794. The molecule has 1 aromatic rings. The molecule has 41 heavy (non-hydrogen) atoms. The Kier molecular flexibility index (Phi) is 23.0. The molecule has 0 bridgehead atoms. The quantitative estimate of drug-likeness (QED) is 0.0324. The fourth-order valence-corrected chi connectivity index (χ4v) is 5.10. The average Bonchev–Trinajstić information content (AvgIpc) is 2.97. The van der Waals surface area contributed by atoms with Crippen molar-refractivity contribution in [1.82, 2.24) is 0 Å². The molecular weight excluding hydrogens is 518 g/mol. The number of carbonyl (C=O) groups is 1. The molecule has 0 aliphatic carbocycles. The maximum Gasteiger partial charge on any atom is 0.305 e. The Morgan fingerprint density at radius 3 is 1.80 bits per heavy atom. The standard InChI is InChI=1S/C34H59NO6/c1-4-7-14-19-30(20-15-8-5-2)28-39-34(36)23-18-13-11-10-12-17-22-32(21-16-9-6-3)40-29-41-33-26-24-31(25-27-33)35(37)38/h24-27,30,32H,4-23,28-29H2,1-3H3. The number of ether oxygens (including phenoxy) is 3. The van der Waals surface area contributed by atoms with E-state index in [1.165, 1.54) is 89.2 Å². The maximum absolute atomic E-state index is 12.3. The first-order valence-electron chi connectivity index (χ1n) is 16.6. The van der Waals surface area contributed by atoms with Crippen LogP contribution in [0.4, 0.5) is 5.69 Å². The summed E-state index contributed by atoms with van der Waals surface area (Å²) in [5.41, 5.74) is 0.0510. The first-order valence-corrected chi connectivity index (χ1v) is 16.6. The molecule has 0 aliphatic heterocycles. The number of nitro benzene ring substituents is 1. The van der Waals surface area contributed by atoms with E-state index in [1.807, 2.05) is 0 Å². The molecule has 1 rings (SSSR count). The van der Waals surface area contributed by atoms with Crippen LogP contribution < -0.4 is 4.74 Å². The van der Waals surface area contributed by atoms with E-state index in [0.717, 1.165) is 44.9 Å². The second-order valence-corrected chi connectivity index (χ2v) is 11.5. The van der Waals surface area contributed by atoms with Gasteiger partial charge < -0.3 is 14.2 Å². The minimum Gasteiger partial charge on any atom is -0.468 e. The van der Waals surface area contributed by atoms with Gasteiger partial charge in [0.1, 0.15) is 5.75 Å². The van der Waals surface area contributed by atoms with Crippen molar-refractivity contribution in [2.45, 2.75) is 155 Å². The minimum atomic E-state index is -0.417. The number of unbranched alkanes of at least 4 members (excludes halogenated alkanes) is 11. The van der Waals surface area contributed by atoms with Crippen molar-refractivity contribution in [3.05, 3.63) is 34.4 Å². The predicted molar refractivity (Wildman–Crippen MR) is 167 cm³/mol. The summed E-state index contributed by atoms with van der Waals surface area (Å²) >= 11 is 0. The van der Waals surface area contributed by atoms with Crippen LogP contribution in [0.1, 0.15) is 149 Å². The zero-order valence-electron chi connectivity index (χ0n) is 26.4. The van der Waals surface area contributed by atoms with E-state index in [4.69, 9.17) is 14.2 Å². The van der Waals surface area contributed by atoms with Crippen LogP contribution in [0, 0.1) is 16.0 Å². The Labute approximate surface area is 250 Å². The number of nitro groups is 1. The summed E-state index contributed by atoms with van der Waals surface area (Å²) in [6.07, 6.45) is 22.7. The van der Waals surface area contributed by atoms with Crippen molar-refractivity contribution in [3.8, 4) is 5.75 Å². The number of rotatable bonds is 28. The molecule has 0 amide bonds. The van der Waals surface area contributed by atoms with Crippen LogP contribution in [0.5, 0.6) is 5.75 Å². The highest BCUT2D eigenvalue weighted by atomic mass is 16.7.